The van der Waals surface area contributed by atoms with Crippen LogP contribution in [0.3, 0.4) is 0 Å². The van der Waals surface area contributed by atoms with E-state index in [0.29, 0.717) is 0 Å². The molecule has 0 spiro atoms. The molecule has 0 saturated carbocycles. The SMILES string of the molecule is NCC(N)=O.[NaH].[NaH]. The van der Waals surface area contributed by atoms with E-state index in [1.165, 1.54) is 0 Å². The van der Waals surface area contributed by atoms with Crippen molar-refractivity contribution in [1.82, 2.24) is 0 Å². The molecule has 0 radical (unpaired) electrons. The van der Waals surface area contributed by atoms with Gasteiger partial charge in [0.15, 0.2) is 0 Å². The summed E-state index contributed by atoms with van der Waals surface area (Å²) in [4.78, 5) is 9.47. The molecule has 0 fully saturated rings. The fraction of sp³-hybridized carbons (Fsp3) is 0.500. The molecule has 0 aliphatic heterocycles. The molecule has 0 rings (SSSR count). The van der Waals surface area contributed by atoms with Crippen molar-refractivity contribution >= 4 is 65.0 Å². The van der Waals surface area contributed by atoms with Crippen molar-refractivity contribution in [2.45, 2.75) is 0 Å². The maximum absolute atomic E-state index is 9.47. The zero-order chi connectivity index (χ0) is 4.28. The van der Waals surface area contributed by atoms with E-state index >= 15 is 0 Å². The molecule has 7 heavy (non-hydrogen) atoms. The number of amides is 1. The Bertz CT molecular complexity index is 49.0. The van der Waals surface area contributed by atoms with Crippen LogP contribution in [0.4, 0.5) is 0 Å². The number of carbonyl (C=O) groups is 1. The quantitative estimate of drug-likeness (QED) is 0.367. The van der Waals surface area contributed by atoms with Crippen molar-refractivity contribution in [3.63, 3.8) is 0 Å². The van der Waals surface area contributed by atoms with E-state index in [4.69, 9.17) is 5.73 Å². The average molecular weight is 122 g/mol. The predicted octanol–water partition coefficient (Wildman–Crippen LogP) is -2.87. The van der Waals surface area contributed by atoms with Crippen LogP contribution in [0.25, 0.3) is 0 Å². The van der Waals surface area contributed by atoms with Crippen LogP contribution in [-0.2, 0) is 4.79 Å². The van der Waals surface area contributed by atoms with Crippen LogP contribution in [-0.4, -0.2) is 71.6 Å². The van der Waals surface area contributed by atoms with Crippen LogP contribution in [0.15, 0.2) is 0 Å². The van der Waals surface area contributed by atoms with Gasteiger partial charge in [0.2, 0.25) is 5.91 Å². The summed E-state index contributed by atoms with van der Waals surface area (Å²) >= 11 is 0. The van der Waals surface area contributed by atoms with E-state index < -0.39 is 5.91 Å². The van der Waals surface area contributed by atoms with Crippen molar-refractivity contribution in [1.29, 1.82) is 0 Å². The molecule has 0 atom stereocenters. The third kappa shape index (κ3) is 18.6. The van der Waals surface area contributed by atoms with Gasteiger partial charge >= 0.3 is 59.1 Å². The normalized spacial score (nSPS) is 5.29. The van der Waals surface area contributed by atoms with Crippen LogP contribution in [0.2, 0.25) is 0 Å². The monoisotopic (exact) mass is 122 g/mol. The second-order valence-corrected chi connectivity index (χ2v) is 0.670. The summed E-state index contributed by atoms with van der Waals surface area (Å²) in [5.74, 6) is -0.468. The molecular formula is C2H8N2Na2O. The Kier molecular flexibility index (Phi) is 23.5. The molecule has 1 amide bonds. The number of primary amides is 1. The van der Waals surface area contributed by atoms with Gasteiger partial charge in [0.1, 0.15) is 0 Å². The Morgan fingerprint density at radius 2 is 1.57 bits per heavy atom. The molecule has 0 aromatic carbocycles. The van der Waals surface area contributed by atoms with E-state index in [1.54, 1.807) is 0 Å². The Balaban J connectivity index is -0.0000000800. The molecule has 0 aromatic heterocycles. The van der Waals surface area contributed by atoms with Gasteiger partial charge in [0.25, 0.3) is 0 Å². The first-order chi connectivity index (χ1) is 2.27. The van der Waals surface area contributed by atoms with E-state index in [9.17, 15) is 4.79 Å². The molecule has 0 bridgehead atoms. The summed E-state index contributed by atoms with van der Waals surface area (Å²) in [7, 11) is 0. The second kappa shape index (κ2) is 10.4. The third-order valence-corrected chi connectivity index (χ3v) is 0.201. The van der Waals surface area contributed by atoms with Gasteiger partial charge in [-0.05, 0) is 0 Å². The summed E-state index contributed by atoms with van der Waals surface area (Å²) < 4.78 is 0. The van der Waals surface area contributed by atoms with E-state index in [1.807, 2.05) is 0 Å². The van der Waals surface area contributed by atoms with Crippen LogP contribution in [0.5, 0.6) is 0 Å². The van der Waals surface area contributed by atoms with Gasteiger partial charge < -0.3 is 11.5 Å². The number of hydrogen-bond acceptors (Lipinski definition) is 2. The molecule has 34 valence electrons. The predicted molar refractivity (Wildman–Crippen MR) is 32.5 cm³/mol. The number of nitrogens with two attached hydrogens (primary N) is 2. The van der Waals surface area contributed by atoms with Crippen LogP contribution < -0.4 is 11.5 Å². The average Bonchev–Trinajstić information content (AvgIpc) is 1.38. The number of carbonyl (C=O) groups excluding carboxylic acids is 1. The summed E-state index contributed by atoms with van der Waals surface area (Å²) in [6.45, 7) is -0.0556. The Morgan fingerprint density at radius 3 is 1.57 bits per heavy atom. The summed E-state index contributed by atoms with van der Waals surface area (Å²) in [6.07, 6.45) is 0. The molecule has 3 nitrogen and oxygen atoms in total. The molecule has 4 N–H and O–H groups in total. The van der Waals surface area contributed by atoms with Crippen LogP contribution in [0.1, 0.15) is 0 Å². The van der Waals surface area contributed by atoms with Crippen molar-refractivity contribution in [3.05, 3.63) is 0 Å². The van der Waals surface area contributed by atoms with Crippen molar-refractivity contribution in [2.24, 2.45) is 11.5 Å². The fourth-order valence-corrected chi connectivity index (χ4v) is 0. The summed E-state index contributed by atoms with van der Waals surface area (Å²) in [5, 5.41) is 0. The molecule has 0 aromatic rings. The molecule has 0 aliphatic carbocycles. The maximum atomic E-state index is 9.47. The first kappa shape index (κ1) is 15.8. The molecule has 0 heterocycles. The Hall–Kier alpha value is 1.43. The van der Waals surface area contributed by atoms with Gasteiger partial charge in [0.05, 0.1) is 6.54 Å². The van der Waals surface area contributed by atoms with Gasteiger partial charge in [0, 0.05) is 0 Å². The standard InChI is InChI=1S/C2H6N2O.2Na.2H/c3-1-2(4)5;;;;/h1,3H2,(H2,4,5);;;;. The Morgan fingerprint density at radius 1 is 1.43 bits per heavy atom. The van der Waals surface area contributed by atoms with Gasteiger partial charge in [-0.15, -0.1) is 0 Å². The van der Waals surface area contributed by atoms with Gasteiger partial charge in [-0.1, -0.05) is 0 Å². The topological polar surface area (TPSA) is 69.1 Å². The molecule has 0 unspecified atom stereocenters. The van der Waals surface area contributed by atoms with E-state index in [-0.39, 0.29) is 65.7 Å². The summed E-state index contributed by atoms with van der Waals surface area (Å²) in [6, 6.07) is 0. The van der Waals surface area contributed by atoms with Gasteiger partial charge in [-0.25, -0.2) is 0 Å². The fourth-order valence-electron chi connectivity index (χ4n) is 0. The number of rotatable bonds is 1. The Labute approximate surface area is 86.8 Å². The minimum absolute atomic E-state index is 0. The first-order valence-electron chi connectivity index (χ1n) is 1.25. The van der Waals surface area contributed by atoms with Crippen molar-refractivity contribution in [3.8, 4) is 0 Å². The van der Waals surface area contributed by atoms with E-state index in [2.05, 4.69) is 5.73 Å². The minimum atomic E-state index is -0.468. The zero-order valence-electron chi connectivity index (χ0n) is 2.77. The van der Waals surface area contributed by atoms with E-state index in [0.717, 1.165) is 0 Å². The van der Waals surface area contributed by atoms with Crippen LogP contribution >= 0.6 is 0 Å². The summed E-state index contributed by atoms with van der Waals surface area (Å²) in [5.41, 5.74) is 9.22. The third-order valence-electron chi connectivity index (χ3n) is 0.201. The zero-order valence-corrected chi connectivity index (χ0v) is 2.77. The molecule has 0 saturated heterocycles. The van der Waals surface area contributed by atoms with Crippen molar-refractivity contribution in [2.75, 3.05) is 6.54 Å². The molecular weight excluding hydrogens is 114 g/mol. The van der Waals surface area contributed by atoms with Gasteiger partial charge in [-0.2, -0.15) is 0 Å². The first-order valence-corrected chi connectivity index (χ1v) is 1.25. The van der Waals surface area contributed by atoms with Gasteiger partial charge in [-0.3, -0.25) is 4.79 Å². The molecule has 5 heteroatoms. The number of hydrogen-bond donors (Lipinski definition) is 2. The second-order valence-electron chi connectivity index (χ2n) is 0.670. The van der Waals surface area contributed by atoms with Crippen LogP contribution in [0, 0.1) is 0 Å². The molecule has 0 aliphatic rings. The van der Waals surface area contributed by atoms with Crippen molar-refractivity contribution < 1.29 is 4.79 Å².